The number of nitrogens with zero attached hydrogens (tertiary/aromatic N) is 2. The van der Waals surface area contributed by atoms with Crippen LogP contribution in [-0.2, 0) is 34.0 Å². The lowest BCUT2D eigenvalue weighted by Gasteiger charge is -2.59. The molecule has 2 aromatic rings. The fraction of sp³-hybridized carbons (Fsp3) is 0.440. The minimum atomic E-state index is -3.89. The lowest BCUT2D eigenvalue weighted by molar-refractivity contribution is -0.171. The highest BCUT2D eigenvalue weighted by Crippen LogP contribution is 2.44. The van der Waals surface area contributed by atoms with Crippen LogP contribution in [0.15, 0.2) is 36.5 Å². The molecule has 3 aliphatic heterocycles. The Morgan fingerprint density at radius 2 is 1.90 bits per heavy atom. The highest BCUT2D eigenvalue weighted by Gasteiger charge is 2.59. The number of amides is 2. The molecule has 4 unspecified atom stereocenters. The summed E-state index contributed by atoms with van der Waals surface area (Å²) in [5, 5.41) is 1.84. The molecule has 5 rings (SSSR count). The Bertz CT molecular complexity index is 1600. The summed E-state index contributed by atoms with van der Waals surface area (Å²) in [7, 11) is -7.72. The van der Waals surface area contributed by atoms with Crippen LogP contribution >= 0.6 is 11.6 Å². The van der Waals surface area contributed by atoms with Crippen molar-refractivity contribution >= 4 is 59.9 Å². The van der Waals surface area contributed by atoms with Gasteiger partial charge in [0.15, 0.2) is 19.7 Å². The number of carbonyl (C=O) groups is 2. The quantitative estimate of drug-likeness (QED) is 0.497. The van der Waals surface area contributed by atoms with Crippen LogP contribution in [-0.4, -0.2) is 92.1 Å². The van der Waals surface area contributed by atoms with Crippen LogP contribution in [0.3, 0.4) is 0 Å². The Balaban J connectivity index is 1.67. The molecule has 11 nitrogen and oxygen atoms in total. The van der Waals surface area contributed by atoms with Gasteiger partial charge >= 0.3 is 0 Å². The maximum Gasteiger partial charge on any atom is 0.258 e. The van der Waals surface area contributed by atoms with E-state index in [2.05, 4.69) is 10.3 Å². The van der Waals surface area contributed by atoms with Crippen LogP contribution in [0.1, 0.15) is 25.1 Å². The fourth-order valence-corrected chi connectivity index (χ4v) is 7.84. The second-order valence-electron chi connectivity index (χ2n) is 10.5. The smallest absolute Gasteiger partial charge is 0.258 e. The first-order valence-electron chi connectivity index (χ1n) is 12.2. The number of ether oxygens (including phenoxy) is 1. The molecular formula is C25H29ClN4O7S2. The maximum absolute atomic E-state index is 14.3. The van der Waals surface area contributed by atoms with Gasteiger partial charge in [-0.25, -0.2) is 21.7 Å². The third-order valence-electron chi connectivity index (χ3n) is 7.70. The summed E-state index contributed by atoms with van der Waals surface area (Å²) in [4.78, 5) is 31.6. The van der Waals surface area contributed by atoms with Crippen molar-refractivity contribution in [1.82, 2.24) is 14.8 Å². The van der Waals surface area contributed by atoms with Crippen LogP contribution in [0, 0.1) is 5.92 Å². The predicted molar refractivity (Wildman–Crippen MR) is 147 cm³/mol. The summed E-state index contributed by atoms with van der Waals surface area (Å²) in [6, 6.07) is 8.22. The van der Waals surface area contributed by atoms with E-state index >= 15 is 0 Å². The molecule has 2 N–H and O–H groups in total. The van der Waals surface area contributed by atoms with Crippen LogP contribution in [0.2, 0.25) is 5.02 Å². The summed E-state index contributed by atoms with van der Waals surface area (Å²) in [6.07, 6.45) is 2.77. The molecule has 210 valence electrons. The topological polar surface area (TPSA) is 146 Å². The van der Waals surface area contributed by atoms with Crippen LogP contribution in [0.5, 0.6) is 0 Å². The van der Waals surface area contributed by atoms with Gasteiger partial charge < -0.3 is 19.9 Å². The van der Waals surface area contributed by atoms with Crippen molar-refractivity contribution in [1.29, 1.82) is 0 Å². The van der Waals surface area contributed by atoms with E-state index in [1.807, 2.05) is 6.92 Å². The summed E-state index contributed by atoms with van der Waals surface area (Å²) in [5.41, 5.74) is 1.52. The molecule has 4 heterocycles. The van der Waals surface area contributed by atoms with Gasteiger partial charge in [0.1, 0.15) is 10.2 Å². The molecule has 0 saturated carbocycles. The number of hydrogen-bond acceptors (Lipinski definition) is 8. The maximum atomic E-state index is 14.3. The lowest BCUT2D eigenvalue weighted by Crippen LogP contribution is -2.76. The minimum absolute atomic E-state index is 0.0700. The van der Waals surface area contributed by atoms with E-state index in [0.29, 0.717) is 22.0 Å². The predicted octanol–water partition coefficient (Wildman–Crippen LogP) is 1.80. The van der Waals surface area contributed by atoms with E-state index < -0.39 is 47.9 Å². The van der Waals surface area contributed by atoms with Crippen molar-refractivity contribution in [3.8, 4) is 0 Å². The summed E-state index contributed by atoms with van der Waals surface area (Å²) < 4.78 is 57.4. The largest absolute Gasteiger partial charge is 0.376 e. The molecule has 0 radical (unpaired) electrons. The van der Waals surface area contributed by atoms with E-state index in [0.717, 1.165) is 12.5 Å². The standard InChI is InChI=1S/C25H29ClN4O7S2/c1-14-11-29(23(14)30-19(38(3,33)34)12-37-13-25(30,2)39(4,35)36)24(32)21(18-6-5-9-27-18)20-16-10-15(26)7-8-17(16)28-22(20)31/h5-10,14,19,23,27H,11-13H2,1-4H3,(H,28,31)/b21-20-. The minimum Gasteiger partial charge on any atom is -0.376 e. The number of benzene rings is 1. The van der Waals surface area contributed by atoms with Gasteiger partial charge in [0, 0.05) is 47.4 Å². The number of aromatic nitrogens is 1. The van der Waals surface area contributed by atoms with E-state index in [9.17, 15) is 26.4 Å². The van der Waals surface area contributed by atoms with E-state index in [4.69, 9.17) is 16.3 Å². The number of H-pyrrole nitrogens is 1. The zero-order valence-electron chi connectivity index (χ0n) is 21.8. The lowest BCUT2D eigenvalue weighted by atomic mass is 9.90. The van der Waals surface area contributed by atoms with E-state index in [-0.39, 0.29) is 36.8 Å². The van der Waals surface area contributed by atoms with Crippen LogP contribution < -0.4 is 5.32 Å². The van der Waals surface area contributed by atoms with Gasteiger partial charge in [0.25, 0.3) is 11.8 Å². The third-order valence-corrected chi connectivity index (χ3v) is 11.2. The average molecular weight is 597 g/mol. The molecule has 1 aromatic carbocycles. The zero-order valence-corrected chi connectivity index (χ0v) is 24.2. The van der Waals surface area contributed by atoms with Crippen LogP contribution in [0.25, 0.3) is 11.1 Å². The number of sulfone groups is 2. The number of rotatable bonds is 5. The molecule has 39 heavy (non-hydrogen) atoms. The monoisotopic (exact) mass is 596 g/mol. The SMILES string of the molecule is CC1CN(C(=O)/C(=C2\C(=O)Nc3ccc(Cl)cc32)c2ccc[nH]2)C1N1C(S(C)(=O)=O)COCC1(C)S(C)(=O)=O. The first kappa shape index (κ1) is 27.8. The number of hydrogen-bond donors (Lipinski definition) is 2. The number of morpholine rings is 1. The van der Waals surface area contributed by atoms with Crippen molar-refractivity contribution in [3.63, 3.8) is 0 Å². The van der Waals surface area contributed by atoms with Crippen molar-refractivity contribution in [2.75, 3.05) is 37.6 Å². The third kappa shape index (κ3) is 4.49. The van der Waals surface area contributed by atoms with Gasteiger partial charge in [0.2, 0.25) is 0 Å². The number of anilines is 1. The number of nitrogens with one attached hydrogen (secondary N) is 2. The summed E-state index contributed by atoms with van der Waals surface area (Å²) >= 11 is 6.23. The Labute approximate surface area is 232 Å². The first-order valence-corrected chi connectivity index (χ1v) is 16.4. The number of fused-ring (bicyclic) bond motifs is 1. The number of halogens is 1. The molecule has 0 bridgehead atoms. The molecule has 2 fully saturated rings. The van der Waals surface area contributed by atoms with E-state index in [1.165, 1.54) is 16.7 Å². The normalized spacial score (nSPS) is 29.0. The Morgan fingerprint density at radius 3 is 2.49 bits per heavy atom. The fourth-order valence-electron chi connectivity index (χ4n) is 5.57. The summed E-state index contributed by atoms with van der Waals surface area (Å²) in [5.74, 6) is -1.31. The molecule has 3 aliphatic rings. The highest BCUT2D eigenvalue weighted by molar-refractivity contribution is 7.92. The van der Waals surface area contributed by atoms with Crippen LogP contribution in [0.4, 0.5) is 5.69 Å². The zero-order chi connectivity index (χ0) is 28.5. The second-order valence-corrected chi connectivity index (χ2v) is 15.5. The average Bonchev–Trinajstić information content (AvgIpc) is 3.46. The molecule has 14 heteroatoms. The Kier molecular flexibility index (Phi) is 6.74. The molecule has 2 saturated heterocycles. The van der Waals surface area contributed by atoms with Gasteiger partial charge in [0.05, 0.1) is 36.2 Å². The first-order chi connectivity index (χ1) is 18.1. The Morgan fingerprint density at radius 1 is 1.18 bits per heavy atom. The second kappa shape index (κ2) is 9.44. The molecular weight excluding hydrogens is 568 g/mol. The number of carbonyl (C=O) groups excluding carboxylic acids is 2. The number of aromatic amines is 1. The molecule has 0 aliphatic carbocycles. The summed E-state index contributed by atoms with van der Waals surface area (Å²) in [6.45, 7) is 2.96. The van der Waals surface area contributed by atoms with Crippen molar-refractivity contribution in [3.05, 3.63) is 52.8 Å². The van der Waals surface area contributed by atoms with E-state index in [1.54, 1.807) is 36.5 Å². The van der Waals surface area contributed by atoms with Gasteiger partial charge in [-0.3, -0.25) is 9.59 Å². The molecule has 2 amide bonds. The van der Waals surface area contributed by atoms with Crippen molar-refractivity contribution < 1.29 is 31.2 Å². The van der Waals surface area contributed by atoms with Gasteiger partial charge in [-0.05, 0) is 37.3 Å². The Hall–Kier alpha value is -2.71. The highest BCUT2D eigenvalue weighted by atomic mass is 35.5. The van der Waals surface area contributed by atoms with Crippen molar-refractivity contribution in [2.45, 2.75) is 30.3 Å². The number of likely N-dealkylation sites (tertiary alicyclic amines) is 1. The van der Waals surface area contributed by atoms with Crippen molar-refractivity contribution in [2.24, 2.45) is 5.92 Å². The van der Waals surface area contributed by atoms with Gasteiger partial charge in [-0.1, -0.05) is 18.5 Å². The van der Waals surface area contributed by atoms with Gasteiger partial charge in [-0.15, -0.1) is 0 Å². The molecule has 4 atom stereocenters. The van der Waals surface area contributed by atoms with Gasteiger partial charge in [-0.2, -0.15) is 0 Å². The molecule has 1 aromatic heterocycles. The molecule has 0 spiro atoms.